The Kier molecular flexibility index (Phi) is 5.93. The zero-order valence-corrected chi connectivity index (χ0v) is 16.0. The zero-order chi connectivity index (χ0) is 20.1. The second-order valence-corrected chi connectivity index (χ2v) is 7.75. The minimum Gasteiger partial charge on any atom is -0.481 e. The first-order valence-electron chi connectivity index (χ1n) is 9.61. The Morgan fingerprint density at radius 2 is 1.68 bits per heavy atom. The SMILES string of the molecule is Cc1ccc(NC(=O)CC2(CC(=O)O)CCCC2)c(C(=O)c2ccccc2)c1. The van der Waals surface area contributed by atoms with Gasteiger partial charge in [0.15, 0.2) is 5.78 Å². The zero-order valence-electron chi connectivity index (χ0n) is 16.0. The van der Waals surface area contributed by atoms with Gasteiger partial charge in [-0.05, 0) is 37.3 Å². The smallest absolute Gasteiger partial charge is 0.303 e. The summed E-state index contributed by atoms with van der Waals surface area (Å²) in [5.74, 6) is -1.26. The van der Waals surface area contributed by atoms with Crippen molar-refractivity contribution in [3.63, 3.8) is 0 Å². The van der Waals surface area contributed by atoms with Crippen molar-refractivity contribution in [2.75, 3.05) is 5.32 Å². The molecule has 2 aromatic carbocycles. The normalized spacial score (nSPS) is 15.2. The van der Waals surface area contributed by atoms with Crippen molar-refractivity contribution in [1.29, 1.82) is 0 Å². The fourth-order valence-corrected chi connectivity index (χ4v) is 4.10. The highest BCUT2D eigenvalue weighted by Gasteiger charge is 2.38. The quantitative estimate of drug-likeness (QED) is 0.689. The van der Waals surface area contributed by atoms with E-state index >= 15 is 0 Å². The van der Waals surface area contributed by atoms with E-state index in [1.807, 2.05) is 19.1 Å². The number of carbonyl (C=O) groups is 3. The number of ketones is 1. The van der Waals surface area contributed by atoms with E-state index in [2.05, 4.69) is 5.32 Å². The molecular formula is C23H25NO4. The Bertz CT molecular complexity index is 883. The molecule has 0 unspecified atom stereocenters. The molecule has 146 valence electrons. The van der Waals surface area contributed by atoms with Crippen LogP contribution in [0.3, 0.4) is 0 Å². The number of amides is 1. The summed E-state index contributed by atoms with van der Waals surface area (Å²) in [6, 6.07) is 14.3. The fraction of sp³-hybridized carbons (Fsp3) is 0.348. The maximum absolute atomic E-state index is 12.9. The molecule has 2 aromatic rings. The van der Waals surface area contributed by atoms with Crippen LogP contribution in [-0.4, -0.2) is 22.8 Å². The van der Waals surface area contributed by atoms with Crippen molar-refractivity contribution in [3.8, 4) is 0 Å². The summed E-state index contributed by atoms with van der Waals surface area (Å²) in [6.07, 6.45) is 3.55. The lowest BCUT2D eigenvalue weighted by molar-refractivity contribution is -0.140. The van der Waals surface area contributed by atoms with Gasteiger partial charge >= 0.3 is 5.97 Å². The van der Waals surface area contributed by atoms with Crippen LogP contribution in [-0.2, 0) is 9.59 Å². The number of rotatable bonds is 7. The van der Waals surface area contributed by atoms with E-state index in [1.54, 1.807) is 36.4 Å². The monoisotopic (exact) mass is 379 g/mol. The number of carbonyl (C=O) groups excluding carboxylic acids is 2. The van der Waals surface area contributed by atoms with Crippen LogP contribution < -0.4 is 5.32 Å². The molecule has 1 saturated carbocycles. The Labute approximate surface area is 164 Å². The Balaban J connectivity index is 1.81. The molecule has 3 rings (SSSR count). The van der Waals surface area contributed by atoms with Gasteiger partial charge in [0, 0.05) is 17.5 Å². The average molecular weight is 379 g/mol. The number of nitrogens with one attached hydrogen (secondary N) is 1. The van der Waals surface area contributed by atoms with Gasteiger partial charge in [-0.2, -0.15) is 0 Å². The summed E-state index contributed by atoms with van der Waals surface area (Å²) in [4.78, 5) is 36.9. The van der Waals surface area contributed by atoms with Crippen LogP contribution in [0.2, 0.25) is 0 Å². The van der Waals surface area contributed by atoms with Gasteiger partial charge < -0.3 is 10.4 Å². The molecule has 5 heteroatoms. The van der Waals surface area contributed by atoms with Crippen LogP contribution >= 0.6 is 0 Å². The summed E-state index contributed by atoms with van der Waals surface area (Å²) >= 11 is 0. The largest absolute Gasteiger partial charge is 0.481 e. The minimum atomic E-state index is -0.870. The summed E-state index contributed by atoms with van der Waals surface area (Å²) in [5, 5.41) is 12.1. The third-order valence-corrected chi connectivity index (χ3v) is 5.46. The molecule has 0 saturated heterocycles. The minimum absolute atomic E-state index is 0.00409. The van der Waals surface area contributed by atoms with E-state index in [4.69, 9.17) is 0 Å². The first-order chi connectivity index (χ1) is 13.4. The van der Waals surface area contributed by atoms with Gasteiger partial charge in [-0.15, -0.1) is 0 Å². The predicted molar refractivity (Wildman–Crippen MR) is 107 cm³/mol. The van der Waals surface area contributed by atoms with Gasteiger partial charge in [-0.3, -0.25) is 14.4 Å². The molecule has 0 spiro atoms. The first kappa shape index (κ1) is 19.8. The molecule has 0 bridgehead atoms. The lowest BCUT2D eigenvalue weighted by atomic mass is 9.79. The van der Waals surface area contributed by atoms with Gasteiger partial charge in [0.05, 0.1) is 12.1 Å². The van der Waals surface area contributed by atoms with Crippen molar-refractivity contribution in [2.24, 2.45) is 5.41 Å². The third kappa shape index (κ3) is 4.66. The lowest BCUT2D eigenvalue weighted by Crippen LogP contribution is -2.28. The molecule has 1 aliphatic carbocycles. The number of benzene rings is 2. The fourth-order valence-electron chi connectivity index (χ4n) is 4.10. The average Bonchev–Trinajstić information content (AvgIpc) is 3.10. The summed E-state index contributed by atoms with van der Waals surface area (Å²) < 4.78 is 0. The molecule has 5 nitrogen and oxygen atoms in total. The molecule has 1 fully saturated rings. The molecule has 28 heavy (non-hydrogen) atoms. The van der Waals surface area contributed by atoms with Crippen molar-refractivity contribution >= 4 is 23.3 Å². The highest BCUT2D eigenvalue weighted by molar-refractivity contribution is 6.14. The molecule has 0 atom stereocenters. The van der Waals surface area contributed by atoms with Gasteiger partial charge in [-0.25, -0.2) is 0 Å². The Morgan fingerprint density at radius 3 is 2.32 bits per heavy atom. The molecule has 0 aromatic heterocycles. The van der Waals surface area contributed by atoms with E-state index in [-0.39, 0.29) is 24.5 Å². The number of hydrogen-bond donors (Lipinski definition) is 2. The van der Waals surface area contributed by atoms with E-state index in [0.29, 0.717) is 16.8 Å². The first-order valence-corrected chi connectivity index (χ1v) is 9.61. The van der Waals surface area contributed by atoms with Crippen LogP contribution in [0.15, 0.2) is 48.5 Å². The van der Waals surface area contributed by atoms with Crippen LogP contribution in [0.5, 0.6) is 0 Å². The molecule has 0 radical (unpaired) electrons. The Hall–Kier alpha value is -2.95. The number of carboxylic acid groups (broad SMARTS) is 1. The molecule has 1 amide bonds. The maximum Gasteiger partial charge on any atom is 0.303 e. The second-order valence-electron chi connectivity index (χ2n) is 7.75. The van der Waals surface area contributed by atoms with Gasteiger partial charge in [0.1, 0.15) is 0 Å². The van der Waals surface area contributed by atoms with Gasteiger partial charge in [-0.1, -0.05) is 54.8 Å². The number of aryl methyl sites for hydroxylation is 1. The highest BCUT2D eigenvalue weighted by Crippen LogP contribution is 2.44. The standard InChI is InChI=1S/C23H25NO4/c1-16-9-10-19(18(13-16)22(28)17-7-3-2-4-8-17)24-20(25)14-23(15-21(26)27)11-5-6-12-23/h2-4,7-10,13H,5-6,11-12,14-15H2,1H3,(H,24,25)(H,26,27). The number of carboxylic acids is 1. The maximum atomic E-state index is 12.9. The summed E-state index contributed by atoms with van der Waals surface area (Å²) in [7, 11) is 0. The predicted octanol–water partition coefficient (Wildman–Crippen LogP) is 4.59. The highest BCUT2D eigenvalue weighted by atomic mass is 16.4. The molecular weight excluding hydrogens is 354 g/mol. The number of anilines is 1. The number of hydrogen-bond acceptors (Lipinski definition) is 3. The van der Waals surface area contributed by atoms with Gasteiger partial charge in [0.2, 0.25) is 5.91 Å². The topological polar surface area (TPSA) is 83.5 Å². The van der Waals surface area contributed by atoms with Crippen LogP contribution in [0.25, 0.3) is 0 Å². The van der Waals surface area contributed by atoms with E-state index in [1.165, 1.54) is 0 Å². The summed E-state index contributed by atoms with van der Waals surface area (Å²) in [6.45, 7) is 1.90. The molecule has 0 aliphatic heterocycles. The molecule has 0 heterocycles. The van der Waals surface area contributed by atoms with Crippen LogP contribution in [0.4, 0.5) is 5.69 Å². The van der Waals surface area contributed by atoms with E-state index < -0.39 is 11.4 Å². The van der Waals surface area contributed by atoms with E-state index in [0.717, 1.165) is 31.2 Å². The van der Waals surface area contributed by atoms with Crippen molar-refractivity contribution < 1.29 is 19.5 Å². The molecule has 2 N–H and O–H groups in total. The van der Waals surface area contributed by atoms with Crippen molar-refractivity contribution in [2.45, 2.75) is 45.4 Å². The molecule has 1 aliphatic rings. The third-order valence-electron chi connectivity index (χ3n) is 5.46. The van der Waals surface area contributed by atoms with Crippen LogP contribution in [0.1, 0.15) is 60.0 Å². The second kappa shape index (κ2) is 8.38. The van der Waals surface area contributed by atoms with Crippen LogP contribution in [0, 0.1) is 12.3 Å². The van der Waals surface area contributed by atoms with Crippen molar-refractivity contribution in [1.82, 2.24) is 0 Å². The van der Waals surface area contributed by atoms with Gasteiger partial charge in [0.25, 0.3) is 0 Å². The summed E-state index contributed by atoms with van der Waals surface area (Å²) in [5.41, 5.74) is 1.91. The van der Waals surface area contributed by atoms with Crippen molar-refractivity contribution in [3.05, 3.63) is 65.2 Å². The number of aliphatic carboxylic acids is 1. The van der Waals surface area contributed by atoms with E-state index in [9.17, 15) is 19.5 Å². The lowest BCUT2D eigenvalue weighted by Gasteiger charge is -2.26. The Morgan fingerprint density at radius 1 is 1.00 bits per heavy atom.